The summed E-state index contributed by atoms with van der Waals surface area (Å²) in [5.41, 5.74) is 5.82. The number of rotatable bonds is 1. The van der Waals surface area contributed by atoms with Gasteiger partial charge in [-0.25, -0.2) is 4.98 Å². The molecule has 1 aliphatic heterocycles. The molecular formula is C10H16N4O. The van der Waals surface area contributed by atoms with E-state index in [1.807, 2.05) is 4.90 Å². The summed E-state index contributed by atoms with van der Waals surface area (Å²) in [6, 6.07) is 0.158. The molecule has 2 heterocycles. The quantitative estimate of drug-likeness (QED) is 0.688. The fraction of sp³-hybridized carbons (Fsp3) is 0.600. The number of anilines is 1. The minimum Gasteiger partial charge on any atom is -0.350 e. The van der Waals surface area contributed by atoms with E-state index in [-0.39, 0.29) is 11.6 Å². The lowest BCUT2D eigenvalue weighted by Gasteiger charge is -2.31. The van der Waals surface area contributed by atoms with Crippen LogP contribution >= 0.6 is 0 Å². The molecule has 1 aromatic rings. The molecule has 82 valence electrons. The average Bonchev–Trinajstić information content (AvgIpc) is 2.22. The van der Waals surface area contributed by atoms with Crippen molar-refractivity contribution in [3.05, 3.63) is 22.7 Å². The minimum atomic E-state index is -0.0494. The fourth-order valence-corrected chi connectivity index (χ4v) is 1.90. The van der Waals surface area contributed by atoms with Gasteiger partial charge in [0.15, 0.2) is 5.82 Å². The average molecular weight is 208 g/mol. The van der Waals surface area contributed by atoms with E-state index in [0.717, 1.165) is 25.9 Å². The van der Waals surface area contributed by atoms with Crippen molar-refractivity contribution >= 4 is 5.82 Å². The van der Waals surface area contributed by atoms with E-state index in [4.69, 9.17) is 5.73 Å². The molecule has 0 aromatic carbocycles. The van der Waals surface area contributed by atoms with Gasteiger partial charge >= 0.3 is 0 Å². The van der Waals surface area contributed by atoms with Crippen LogP contribution < -0.4 is 16.2 Å². The van der Waals surface area contributed by atoms with Crippen molar-refractivity contribution in [3.63, 3.8) is 0 Å². The van der Waals surface area contributed by atoms with Gasteiger partial charge in [-0.3, -0.25) is 4.79 Å². The van der Waals surface area contributed by atoms with Gasteiger partial charge in [0, 0.05) is 38.6 Å². The van der Waals surface area contributed by atoms with E-state index >= 15 is 0 Å². The van der Waals surface area contributed by atoms with Crippen molar-refractivity contribution in [3.8, 4) is 0 Å². The molecule has 5 nitrogen and oxygen atoms in total. The fourth-order valence-electron chi connectivity index (χ4n) is 1.90. The Morgan fingerprint density at radius 1 is 1.60 bits per heavy atom. The molecular weight excluding hydrogens is 192 g/mol. The molecule has 2 N–H and O–H groups in total. The number of aromatic nitrogens is 2. The SMILES string of the molecule is Cn1ccnc(N2CCC[C@H](N)C2)c1=O. The van der Waals surface area contributed by atoms with Crippen LogP contribution in [0.3, 0.4) is 0 Å². The van der Waals surface area contributed by atoms with E-state index in [1.54, 1.807) is 24.0 Å². The number of hydrogen-bond donors (Lipinski definition) is 1. The Balaban J connectivity index is 2.29. The monoisotopic (exact) mass is 208 g/mol. The smallest absolute Gasteiger partial charge is 0.293 e. The van der Waals surface area contributed by atoms with Crippen LogP contribution in [0.25, 0.3) is 0 Å². The summed E-state index contributed by atoms with van der Waals surface area (Å²) in [6.45, 7) is 1.60. The molecule has 1 aromatic heterocycles. The Hall–Kier alpha value is -1.36. The number of piperidine rings is 1. The van der Waals surface area contributed by atoms with Crippen LogP contribution in [-0.4, -0.2) is 28.7 Å². The van der Waals surface area contributed by atoms with Crippen LogP contribution in [0, 0.1) is 0 Å². The minimum absolute atomic E-state index is 0.0494. The highest BCUT2D eigenvalue weighted by Crippen LogP contribution is 2.12. The molecule has 0 spiro atoms. The summed E-state index contributed by atoms with van der Waals surface area (Å²) < 4.78 is 1.54. The van der Waals surface area contributed by atoms with Gasteiger partial charge in [-0.05, 0) is 12.8 Å². The van der Waals surface area contributed by atoms with Crippen LogP contribution in [-0.2, 0) is 7.05 Å². The highest BCUT2D eigenvalue weighted by Gasteiger charge is 2.20. The molecule has 1 aliphatic rings. The zero-order chi connectivity index (χ0) is 10.8. The van der Waals surface area contributed by atoms with Crippen LogP contribution in [0.5, 0.6) is 0 Å². The van der Waals surface area contributed by atoms with Gasteiger partial charge in [0.1, 0.15) is 0 Å². The standard InChI is InChI=1S/C10H16N4O/c1-13-6-4-12-9(10(13)15)14-5-2-3-8(11)7-14/h4,6,8H,2-3,5,7,11H2,1H3/t8-/m0/s1. The lowest BCUT2D eigenvalue weighted by atomic mass is 10.1. The van der Waals surface area contributed by atoms with E-state index in [1.165, 1.54) is 0 Å². The van der Waals surface area contributed by atoms with Crippen LogP contribution in [0.4, 0.5) is 5.82 Å². The number of nitrogens with zero attached hydrogens (tertiary/aromatic N) is 3. The van der Waals surface area contributed by atoms with Crippen molar-refractivity contribution in [2.24, 2.45) is 12.8 Å². The van der Waals surface area contributed by atoms with Gasteiger partial charge in [0.25, 0.3) is 5.56 Å². The number of nitrogens with two attached hydrogens (primary N) is 1. The highest BCUT2D eigenvalue weighted by molar-refractivity contribution is 5.36. The maximum atomic E-state index is 11.8. The summed E-state index contributed by atoms with van der Waals surface area (Å²) in [4.78, 5) is 17.9. The molecule has 5 heteroatoms. The van der Waals surface area contributed by atoms with Gasteiger partial charge in [-0.2, -0.15) is 0 Å². The van der Waals surface area contributed by atoms with Crippen molar-refractivity contribution in [1.29, 1.82) is 0 Å². The zero-order valence-corrected chi connectivity index (χ0v) is 8.89. The van der Waals surface area contributed by atoms with E-state index in [0.29, 0.717) is 5.82 Å². The normalized spacial score (nSPS) is 21.7. The summed E-state index contributed by atoms with van der Waals surface area (Å²) in [7, 11) is 1.73. The Morgan fingerprint density at radius 2 is 2.40 bits per heavy atom. The summed E-state index contributed by atoms with van der Waals surface area (Å²) in [5.74, 6) is 0.523. The molecule has 0 bridgehead atoms. The van der Waals surface area contributed by atoms with Gasteiger partial charge in [-0.1, -0.05) is 0 Å². The van der Waals surface area contributed by atoms with Crippen molar-refractivity contribution in [1.82, 2.24) is 9.55 Å². The van der Waals surface area contributed by atoms with E-state index in [9.17, 15) is 4.79 Å². The second kappa shape index (κ2) is 4.02. The maximum Gasteiger partial charge on any atom is 0.293 e. The van der Waals surface area contributed by atoms with E-state index < -0.39 is 0 Å². The molecule has 1 atom stereocenters. The van der Waals surface area contributed by atoms with Gasteiger partial charge in [-0.15, -0.1) is 0 Å². The molecule has 0 saturated carbocycles. The molecule has 0 amide bonds. The largest absolute Gasteiger partial charge is 0.350 e. The summed E-state index contributed by atoms with van der Waals surface area (Å²) in [5, 5.41) is 0. The van der Waals surface area contributed by atoms with Crippen LogP contribution in [0.15, 0.2) is 17.2 Å². The van der Waals surface area contributed by atoms with Crippen LogP contribution in [0.1, 0.15) is 12.8 Å². The van der Waals surface area contributed by atoms with Crippen LogP contribution in [0.2, 0.25) is 0 Å². The first-order valence-corrected chi connectivity index (χ1v) is 5.20. The van der Waals surface area contributed by atoms with Gasteiger partial charge < -0.3 is 15.2 Å². The first-order chi connectivity index (χ1) is 7.18. The predicted octanol–water partition coefficient (Wildman–Crippen LogP) is -0.292. The third-order valence-corrected chi connectivity index (χ3v) is 2.76. The first-order valence-electron chi connectivity index (χ1n) is 5.20. The van der Waals surface area contributed by atoms with Crippen molar-refractivity contribution in [2.75, 3.05) is 18.0 Å². The molecule has 1 fully saturated rings. The Kier molecular flexibility index (Phi) is 2.73. The predicted molar refractivity (Wildman–Crippen MR) is 58.9 cm³/mol. The Labute approximate surface area is 88.5 Å². The molecule has 0 aliphatic carbocycles. The second-order valence-electron chi connectivity index (χ2n) is 4.02. The lowest BCUT2D eigenvalue weighted by Crippen LogP contribution is -2.45. The highest BCUT2D eigenvalue weighted by atomic mass is 16.1. The summed E-state index contributed by atoms with van der Waals surface area (Å²) in [6.07, 6.45) is 5.37. The first kappa shape index (κ1) is 10.2. The molecule has 0 unspecified atom stereocenters. The van der Waals surface area contributed by atoms with Gasteiger partial charge in [0.2, 0.25) is 0 Å². The second-order valence-corrected chi connectivity index (χ2v) is 4.02. The molecule has 2 rings (SSSR count). The molecule has 1 saturated heterocycles. The maximum absolute atomic E-state index is 11.8. The van der Waals surface area contributed by atoms with Gasteiger partial charge in [0.05, 0.1) is 0 Å². The summed E-state index contributed by atoms with van der Waals surface area (Å²) >= 11 is 0. The van der Waals surface area contributed by atoms with Crippen molar-refractivity contribution in [2.45, 2.75) is 18.9 Å². The van der Waals surface area contributed by atoms with Crippen molar-refractivity contribution < 1.29 is 0 Å². The Morgan fingerprint density at radius 3 is 3.13 bits per heavy atom. The third kappa shape index (κ3) is 2.02. The lowest BCUT2D eigenvalue weighted by molar-refractivity contribution is 0.500. The number of hydrogen-bond acceptors (Lipinski definition) is 4. The topological polar surface area (TPSA) is 64.2 Å². The zero-order valence-electron chi connectivity index (χ0n) is 8.89. The third-order valence-electron chi connectivity index (χ3n) is 2.76. The Bertz CT molecular complexity index is 401. The molecule has 0 radical (unpaired) electrons. The number of aryl methyl sites for hydroxylation is 1. The molecule has 15 heavy (non-hydrogen) atoms. The van der Waals surface area contributed by atoms with E-state index in [2.05, 4.69) is 4.98 Å².